The Balaban J connectivity index is 2.04. The van der Waals surface area contributed by atoms with E-state index in [4.69, 9.17) is 5.73 Å². The highest BCUT2D eigenvalue weighted by Crippen LogP contribution is 2.25. The van der Waals surface area contributed by atoms with Crippen LogP contribution in [0.15, 0.2) is 12.3 Å². The standard InChI is InChI=1S/C12H20N4O/c1-9(13)12(17)16-6-3-4-10(8-16)11-5-7-15(2)14-11/h5,7,9-10H,3-4,6,8,13H2,1-2H3/t9-,10-/m1/s1. The van der Waals surface area contributed by atoms with Gasteiger partial charge in [-0.3, -0.25) is 9.48 Å². The number of aryl methyl sites for hydroxylation is 1. The molecule has 2 rings (SSSR count). The van der Waals surface area contributed by atoms with Crippen LogP contribution < -0.4 is 5.73 Å². The molecule has 17 heavy (non-hydrogen) atoms. The molecule has 5 nitrogen and oxygen atoms in total. The van der Waals surface area contributed by atoms with Crippen molar-refractivity contribution in [3.8, 4) is 0 Å². The molecular weight excluding hydrogens is 216 g/mol. The van der Waals surface area contributed by atoms with Gasteiger partial charge in [-0.25, -0.2) is 0 Å². The Bertz CT molecular complexity index is 399. The van der Waals surface area contributed by atoms with Crippen LogP contribution in [0, 0.1) is 0 Å². The van der Waals surface area contributed by atoms with Crippen LogP contribution >= 0.6 is 0 Å². The molecule has 94 valence electrons. The second-order valence-corrected chi connectivity index (χ2v) is 4.83. The van der Waals surface area contributed by atoms with Gasteiger partial charge < -0.3 is 10.6 Å². The first-order chi connectivity index (χ1) is 8.08. The van der Waals surface area contributed by atoms with E-state index >= 15 is 0 Å². The minimum Gasteiger partial charge on any atom is -0.341 e. The molecular formula is C12H20N4O. The average molecular weight is 236 g/mol. The average Bonchev–Trinajstić information content (AvgIpc) is 2.75. The first-order valence-corrected chi connectivity index (χ1v) is 6.12. The van der Waals surface area contributed by atoms with Crippen molar-refractivity contribution in [1.82, 2.24) is 14.7 Å². The van der Waals surface area contributed by atoms with Crippen molar-refractivity contribution in [2.24, 2.45) is 12.8 Å². The van der Waals surface area contributed by atoms with Crippen LogP contribution in [0.4, 0.5) is 0 Å². The van der Waals surface area contributed by atoms with Gasteiger partial charge in [-0.2, -0.15) is 5.10 Å². The normalized spacial score (nSPS) is 22.5. The van der Waals surface area contributed by atoms with Gasteiger partial charge in [0.2, 0.25) is 5.91 Å². The van der Waals surface area contributed by atoms with Crippen molar-refractivity contribution < 1.29 is 4.79 Å². The van der Waals surface area contributed by atoms with E-state index in [2.05, 4.69) is 5.10 Å². The number of hydrogen-bond acceptors (Lipinski definition) is 3. The number of aromatic nitrogens is 2. The SMILES string of the molecule is C[C@@H](N)C(=O)N1CCC[C@@H](c2ccn(C)n2)C1. The fourth-order valence-electron chi connectivity index (χ4n) is 2.36. The van der Waals surface area contributed by atoms with E-state index < -0.39 is 6.04 Å². The number of nitrogens with two attached hydrogens (primary N) is 1. The molecule has 1 aromatic rings. The van der Waals surface area contributed by atoms with E-state index in [-0.39, 0.29) is 5.91 Å². The number of amides is 1. The van der Waals surface area contributed by atoms with Crippen LogP contribution in [0.25, 0.3) is 0 Å². The minimum absolute atomic E-state index is 0.0469. The van der Waals surface area contributed by atoms with Crippen molar-refractivity contribution in [3.63, 3.8) is 0 Å². The lowest BCUT2D eigenvalue weighted by Gasteiger charge is -2.33. The van der Waals surface area contributed by atoms with E-state index in [1.165, 1.54) is 0 Å². The van der Waals surface area contributed by atoms with Gasteiger partial charge in [0.1, 0.15) is 0 Å². The number of likely N-dealkylation sites (tertiary alicyclic amines) is 1. The van der Waals surface area contributed by atoms with Crippen LogP contribution in [-0.2, 0) is 11.8 Å². The molecule has 0 aliphatic carbocycles. The maximum absolute atomic E-state index is 11.9. The van der Waals surface area contributed by atoms with E-state index in [9.17, 15) is 4.79 Å². The lowest BCUT2D eigenvalue weighted by atomic mass is 9.94. The van der Waals surface area contributed by atoms with Gasteiger partial charge in [-0.1, -0.05) is 0 Å². The molecule has 5 heteroatoms. The van der Waals surface area contributed by atoms with Gasteiger partial charge in [0.15, 0.2) is 0 Å². The molecule has 1 aliphatic heterocycles. The predicted octanol–water partition coefficient (Wildman–Crippen LogP) is 0.473. The van der Waals surface area contributed by atoms with Gasteiger partial charge in [0, 0.05) is 32.3 Å². The Kier molecular flexibility index (Phi) is 3.47. The minimum atomic E-state index is -0.405. The highest BCUT2D eigenvalue weighted by Gasteiger charge is 2.27. The van der Waals surface area contributed by atoms with E-state index in [0.717, 1.165) is 31.6 Å². The smallest absolute Gasteiger partial charge is 0.239 e. The number of carbonyl (C=O) groups excluding carboxylic acids is 1. The van der Waals surface area contributed by atoms with Gasteiger partial charge in [-0.15, -0.1) is 0 Å². The van der Waals surface area contributed by atoms with Crippen LogP contribution in [0.2, 0.25) is 0 Å². The van der Waals surface area contributed by atoms with Gasteiger partial charge >= 0.3 is 0 Å². The van der Waals surface area contributed by atoms with Crippen LogP contribution in [-0.4, -0.2) is 39.7 Å². The largest absolute Gasteiger partial charge is 0.341 e. The van der Waals surface area contributed by atoms with Gasteiger partial charge in [-0.05, 0) is 25.8 Å². The summed E-state index contributed by atoms with van der Waals surface area (Å²) in [5.74, 6) is 0.401. The van der Waals surface area contributed by atoms with Crippen LogP contribution in [0.3, 0.4) is 0 Å². The number of nitrogens with zero attached hydrogens (tertiary/aromatic N) is 3. The molecule has 2 atom stereocenters. The van der Waals surface area contributed by atoms with Crippen molar-refractivity contribution in [2.75, 3.05) is 13.1 Å². The number of rotatable bonds is 2. The zero-order valence-electron chi connectivity index (χ0n) is 10.5. The lowest BCUT2D eigenvalue weighted by Crippen LogP contribution is -2.46. The Morgan fingerprint density at radius 2 is 2.41 bits per heavy atom. The first-order valence-electron chi connectivity index (χ1n) is 6.12. The van der Waals surface area contributed by atoms with Crippen molar-refractivity contribution in [2.45, 2.75) is 31.7 Å². The molecule has 2 N–H and O–H groups in total. The molecule has 1 saturated heterocycles. The Labute approximate surface area is 102 Å². The lowest BCUT2D eigenvalue weighted by molar-refractivity contribution is -0.133. The van der Waals surface area contributed by atoms with Crippen LogP contribution in [0.5, 0.6) is 0 Å². The summed E-state index contributed by atoms with van der Waals surface area (Å²) < 4.78 is 1.81. The molecule has 1 fully saturated rings. The van der Waals surface area contributed by atoms with Crippen molar-refractivity contribution in [3.05, 3.63) is 18.0 Å². The monoisotopic (exact) mass is 236 g/mol. The molecule has 0 unspecified atom stereocenters. The van der Waals surface area contributed by atoms with Crippen LogP contribution in [0.1, 0.15) is 31.4 Å². The third-order valence-corrected chi connectivity index (χ3v) is 3.28. The summed E-state index contributed by atoms with van der Waals surface area (Å²) in [6, 6.07) is 1.63. The van der Waals surface area contributed by atoms with Crippen molar-refractivity contribution >= 4 is 5.91 Å². The summed E-state index contributed by atoms with van der Waals surface area (Å²) in [5, 5.41) is 4.42. The summed E-state index contributed by atoms with van der Waals surface area (Å²) in [6.07, 6.45) is 4.07. The van der Waals surface area contributed by atoms with E-state index in [1.807, 2.05) is 28.9 Å². The van der Waals surface area contributed by atoms with Gasteiger partial charge in [0.25, 0.3) is 0 Å². The third-order valence-electron chi connectivity index (χ3n) is 3.28. The summed E-state index contributed by atoms with van der Waals surface area (Å²) in [6.45, 7) is 3.31. The zero-order chi connectivity index (χ0) is 12.4. The van der Waals surface area contributed by atoms with Crippen molar-refractivity contribution in [1.29, 1.82) is 0 Å². The Morgan fingerprint density at radius 3 is 3.00 bits per heavy atom. The summed E-state index contributed by atoms with van der Waals surface area (Å²) >= 11 is 0. The summed E-state index contributed by atoms with van der Waals surface area (Å²) in [5.41, 5.74) is 6.72. The molecule has 1 amide bonds. The van der Waals surface area contributed by atoms with E-state index in [0.29, 0.717) is 5.92 Å². The highest BCUT2D eigenvalue weighted by molar-refractivity contribution is 5.81. The molecule has 0 saturated carbocycles. The number of piperidine rings is 1. The van der Waals surface area contributed by atoms with Gasteiger partial charge in [0.05, 0.1) is 11.7 Å². The highest BCUT2D eigenvalue weighted by atomic mass is 16.2. The first kappa shape index (κ1) is 12.1. The zero-order valence-corrected chi connectivity index (χ0v) is 10.5. The third kappa shape index (κ3) is 2.66. The quantitative estimate of drug-likeness (QED) is 0.812. The second-order valence-electron chi connectivity index (χ2n) is 4.83. The molecule has 1 aromatic heterocycles. The maximum atomic E-state index is 11.9. The summed E-state index contributed by atoms with van der Waals surface area (Å²) in [7, 11) is 1.91. The predicted molar refractivity (Wildman–Crippen MR) is 65.4 cm³/mol. The Morgan fingerprint density at radius 1 is 1.65 bits per heavy atom. The maximum Gasteiger partial charge on any atom is 0.239 e. The Hall–Kier alpha value is -1.36. The number of carbonyl (C=O) groups is 1. The molecule has 2 heterocycles. The second kappa shape index (κ2) is 4.87. The molecule has 0 aromatic carbocycles. The molecule has 1 aliphatic rings. The molecule has 0 bridgehead atoms. The van der Waals surface area contributed by atoms with E-state index in [1.54, 1.807) is 6.92 Å². The summed E-state index contributed by atoms with van der Waals surface area (Å²) in [4.78, 5) is 13.7. The molecule has 0 radical (unpaired) electrons. The number of hydrogen-bond donors (Lipinski definition) is 1. The molecule has 0 spiro atoms. The fraction of sp³-hybridized carbons (Fsp3) is 0.667. The fourth-order valence-corrected chi connectivity index (χ4v) is 2.36. The topological polar surface area (TPSA) is 64.2 Å².